The molecule has 0 amide bonds. The van der Waals surface area contributed by atoms with Crippen molar-refractivity contribution in [2.24, 2.45) is 0 Å². The molecule has 0 saturated carbocycles. The Labute approximate surface area is 78.2 Å². The van der Waals surface area contributed by atoms with E-state index in [0.29, 0.717) is 0 Å². The van der Waals surface area contributed by atoms with Crippen molar-refractivity contribution in [3.05, 3.63) is 0 Å². The van der Waals surface area contributed by atoms with Crippen molar-refractivity contribution < 1.29 is 8.54 Å². The molecule has 12 heavy (non-hydrogen) atoms. The first-order chi connectivity index (χ1) is 5.60. The fourth-order valence-corrected chi connectivity index (χ4v) is 7.73. The molecular formula is C8H20O2Si2. The van der Waals surface area contributed by atoms with Crippen LogP contribution in [-0.2, 0) is 8.54 Å². The predicted molar refractivity (Wildman–Crippen MR) is 56.2 cm³/mol. The first-order valence-corrected chi connectivity index (χ1v) is 10.2. The van der Waals surface area contributed by atoms with E-state index in [-0.39, 0.29) is 0 Å². The minimum Gasteiger partial charge on any atom is -0.439 e. The van der Waals surface area contributed by atoms with E-state index in [4.69, 9.17) is 8.54 Å². The zero-order chi connectivity index (χ0) is 9.03. The van der Waals surface area contributed by atoms with Gasteiger partial charge in [0, 0.05) is 6.61 Å². The number of hydrogen-bond acceptors (Lipinski definition) is 2. The summed E-state index contributed by atoms with van der Waals surface area (Å²) in [4.78, 5) is 0. The normalized spacial score (nSPS) is 31.8. The topological polar surface area (TPSA) is 18.5 Å². The van der Waals surface area contributed by atoms with Crippen molar-refractivity contribution in [1.82, 2.24) is 0 Å². The Kier molecular flexibility index (Phi) is 3.96. The van der Waals surface area contributed by atoms with Crippen molar-refractivity contribution in [2.75, 3.05) is 6.61 Å². The van der Waals surface area contributed by atoms with Crippen molar-refractivity contribution in [3.8, 4) is 0 Å². The van der Waals surface area contributed by atoms with Crippen LogP contribution in [0.5, 0.6) is 0 Å². The fourth-order valence-electron chi connectivity index (χ4n) is 1.61. The highest BCUT2D eigenvalue weighted by Crippen LogP contribution is 2.16. The molecule has 1 saturated heterocycles. The molecule has 2 nitrogen and oxygen atoms in total. The number of rotatable bonds is 0. The summed E-state index contributed by atoms with van der Waals surface area (Å²) in [6.07, 6.45) is 3.90. The van der Waals surface area contributed by atoms with Crippen LogP contribution in [0.25, 0.3) is 0 Å². The van der Waals surface area contributed by atoms with Gasteiger partial charge in [0.05, 0.1) is 0 Å². The van der Waals surface area contributed by atoms with E-state index in [2.05, 4.69) is 19.6 Å². The van der Waals surface area contributed by atoms with Gasteiger partial charge in [-0.1, -0.05) is 12.8 Å². The molecule has 1 aliphatic rings. The van der Waals surface area contributed by atoms with Crippen LogP contribution in [0.4, 0.5) is 0 Å². The highest BCUT2D eigenvalue weighted by Gasteiger charge is 2.27. The predicted octanol–water partition coefficient (Wildman–Crippen LogP) is 2.26. The third kappa shape index (κ3) is 3.84. The Morgan fingerprint density at radius 2 is 1.92 bits per heavy atom. The molecule has 0 bridgehead atoms. The van der Waals surface area contributed by atoms with Gasteiger partial charge in [0.1, 0.15) is 0 Å². The quantitative estimate of drug-likeness (QED) is 0.564. The molecule has 72 valence electrons. The van der Waals surface area contributed by atoms with Crippen molar-refractivity contribution in [3.63, 3.8) is 0 Å². The summed E-state index contributed by atoms with van der Waals surface area (Å²) in [6.45, 7) is 7.55. The molecule has 0 spiro atoms. The maximum atomic E-state index is 6.01. The molecule has 0 radical (unpaired) electrons. The Morgan fingerprint density at radius 3 is 2.67 bits per heavy atom. The highest BCUT2D eigenvalue weighted by atomic mass is 28.4. The summed E-state index contributed by atoms with van der Waals surface area (Å²) in [6, 6.07) is 1.33. The molecule has 1 heterocycles. The Bertz CT molecular complexity index is 139. The van der Waals surface area contributed by atoms with Crippen LogP contribution in [0.3, 0.4) is 0 Å². The van der Waals surface area contributed by atoms with Gasteiger partial charge in [0.25, 0.3) is 0 Å². The average Bonchev–Trinajstić information content (AvgIpc) is 1.99. The van der Waals surface area contributed by atoms with Crippen LogP contribution < -0.4 is 0 Å². The molecular weight excluding hydrogens is 184 g/mol. The molecule has 4 heteroatoms. The Morgan fingerprint density at radius 1 is 1.17 bits per heavy atom. The van der Waals surface area contributed by atoms with E-state index in [1.54, 1.807) is 0 Å². The van der Waals surface area contributed by atoms with Crippen LogP contribution in [0.1, 0.15) is 19.3 Å². The van der Waals surface area contributed by atoms with Gasteiger partial charge in [-0.05, 0) is 32.1 Å². The zero-order valence-corrected chi connectivity index (χ0v) is 10.6. The van der Waals surface area contributed by atoms with Gasteiger partial charge in [-0.3, -0.25) is 0 Å². The standard InChI is InChI=1S/C8H20O2Si2/c1-11-8-6-4-5-7-9-12(2,3)10-11/h11H,4-8H2,1-3H3. The molecule has 1 unspecified atom stereocenters. The molecule has 0 aromatic carbocycles. The minimum atomic E-state index is -1.71. The zero-order valence-electron chi connectivity index (χ0n) is 8.43. The summed E-state index contributed by atoms with van der Waals surface area (Å²) in [5, 5.41) is 0. The number of hydrogen-bond donors (Lipinski definition) is 0. The SMILES string of the molecule is C[SiH]1CCCCCO[Si](C)(C)O1. The van der Waals surface area contributed by atoms with E-state index in [1.807, 2.05) is 0 Å². The van der Waals surface area contributed by atoms with Crippen molar-refractivity contribution in [2.45, 2.75) is 44.9 Å². The van der Waals surface area contributed by atoms with Crippen molar-refractivity contribution in [1.29, 1.82) is 0 Å². The van der Waals surface area contributed by atoms with Crippen LogP contribution in [0.2, 0.25) is 25.7 Å². The largest absolute Gasteiger partial charge is 0.439 e. The van der Waals surface area contributed by atoms with E-state index in [1.165, 1.54) is 25.3 Å². The first kappa shape index (κ1) is 10.4. The minimum absolute atomic E-state index is 0.886. The lowest BCUT2D eigenvalue weighted by atomic mass is 10.3. The molecule has 0 aromatic heterocycles. The van der Waals surface area contributed by atoms with Crippen LogP contribution in [0, 0.1) is 0 Å². The van der Waals surface area contributed by atoms with Gasteiger partial charge in [0.15, 0.2) is 9.04 Å². The second-order valence-corrected chi connectivity index (χ2v) is 10.3. The van der Waals surface area contributed by atoms with Gasteiger partial charge in [-0.25, -0.2) is 0 Å². The fraction of sp³-hybridized carbons (Fsp3) is 1.00. The maximum Gasteiger partial charge on any atom is 0.321 e. The molecule has 0 aliphatic carbocycles. The monoisotopic (exact) mass is 204 g/mol. The van der Waals surface area contributed by atoms with Gasteiger partial charge in [-0.2, -0.15) is 0 Å². The van der Waals surface area contributed by atoms with E-state index in [0.717, 1.165) is 6.61 Å². The highest BCUT2D eigenvalue weighted by molar-refractivity contribution is 6.73. The lowest BCUT2D eigenvalue weighted by Gasteiger charge is -2.25. The Balaban J connectivity index is 2.44. The van der Waals surface area contributed by atoms with Crippen LogP contribution in [-0.4, -0.2) is 24.2 Å². The summed E-state index contributed by atoms with van der Waals surface area (Å²) in [7, 11) is -2.59. The van der Waals surface area contributed by atoms with Crippen molar-refractivity contribution >= 4 is 17.6 Å². The maximum absolute atomic E-state index is 6.01. The van der Waals surface area contributed by atoms with Gasteiger partial charge < -0.3 is 8.54 Å². The summed E-state index contributed by atoms with van der Waals surface area (Å²) >= 11 is 0. The van der Waals surface area contributed by atoms with Gasteiger partial charge in [0.2, 0.25) is 0 Å². The second kappa shape index (κ2) is 4.55. The third-order valence-corrected chi connectivity index (χ3v) is 8.19. The summed E-state index contributed by atoms with van der Waals surface area (Å²) in [5.74, 6) is 0. The first-order valence-electron chi connectivity index (χ1n) is 4.92. The molecule has 0 aromatic rings. The Hall–Kier alpha value is 0.354. The van der Waals surface area contributed by atoms with Gasteiger partial charge >= 0.3 is 8.56 Å². The molecule has 1 aliphatic heterocycles. The summed E-state index contributed by atoms with van der Waals surface area (Å²) < 4.78 is 11.8. The van der Waals surface area contributed by atoms with Crippen LogP contribution >= 0.6 is 0 Å². The summed E-state index contributed by atoms with van der Waals surface area (Å²) in [5.41, 5.74) is 0. The molecule has 1 atom stereocenters. The average molecular weight is 204 g/mol. The lowest BCUT2D eigenvalue weighted by molar-refractivity contribution is 0.247. The second-order valence-electron chi connectivity index (χ2n) is 4.03. The van der Waals surface area contributed by atoms with Gasteiger partial charge in [-0.15, -0.1) is 0 Å². The smallest absolute Gasteiger partial charge is 0.321 e. The molecule has 0 N–H and O–H groups in total. The third-order valence-electron chi connectivity index (χ3n) is 2.19. The lowest BCUT2D eigenvalue weighted by Crippen LogP contribution is -2.39. The molecule has 1 fully saturated rings. The van der Waals surface area contributed by atoms with E-state index >= 15 is 0 Å². The molecule has 1 rings (SSSR count). The van der Waals surface area contributed by atoms with E-state index in [9.17, 15) is 0 Å². The van der Waals surface area contributed by atoms with Crippen LogP contribution in [0.15, 0.2) is 0 Å². The van der Waals surface area contributed by atoms with E-state index < -0.39 is 17.6 Å².